The van der Waals surface area contributed by atoms with Gasteiger partial charge in [-0.15, -0.1) is 0 Å². The lowest BCUT2D eigenvalue weighted by atomic mass is 10.0. The highest BCUT2D eigenvalue weighted by atomic mass is 16.3. The van der Waals surface area contributed by atoms with Gasteiger partial charge in [-0.3, -0.25) is 14.5 Å². The summed E-state index contributed by atoms with van der Waals surface area (Å²) in [5.41, 5.74) is 1.89. The van der Waals surface area contributed by atoms with Gasteiger partial charge in [-0.05, 0) is 24.5 Å². The molecule has 1 fully saturated rings. The van der Waals surface area contributed by atoms with Crippen molar-refractivity contribution in [3.05, 3.63) is 29.8 Å². The van der Waals surface area contributed by atoms with Gasteiger partial charge in [0, 0.05) is 32.1 Å². The zero-order chi connectivity index (χ0) is 15.0. The molecule has 0 aromatic heterocycles. The van der Waals surface area contributed by atoms with Gasteiger partial charge in [0.15, 0.2) is 0 Å². The van der Waals surface area contributed by atoms with E-state index in [1.807, 2.05) is 24.3 Å². The summed E-state index contributed by atoms with van der Waals surface area (Å²) >= 11 is 0. The zero-order valence-electron chi connectivity index (χ0n) is 12.2. The van der Waals surface area contributed by atoms with Crippen LogP contribution in [-0.2, 0) is 16.0 Å². The van der Waals surface area contributed by atoms with Crippen molar-refractivity contribution < 1.29 is 14.7 Å². The van der Waals surface area contributed by atoms with Crippen LogP contribution in [0, 0.1) is 0 Å². The summed E-state index contributed by atoms with van der Waals surface area (Å²) in [6, 6.07) is 7.25. The fourth-order valence-corrected chi connectivity index (χ4v) is 3.27. The molecule has 21 heavy (non-hydrogen) atoms. The van der Waals surface area contributed by atoms with Gasteiger partial charge < -0.3 is 10.0 Å². The number of hydrogen-bond donors (Lipinski definition) is 1. The third kappa shape index (κ3) is 2.53. The van der Waals surface area contributed by atoms with Crippen molar-refractivity contribution >= 4 is 17.5 Å². The number of rotatable bonds is 1. The van der Waals surface area contributed by atoms with Crippen LogP contribution < -0.4 is 4.90 Å². The summed E-state index contributed by atoms with van der Waals surface area (Å²) in [5, 5.41) is 9.55. The minimum Gasteiger partial charge on any atom is -0.393 e. The first-order chi connectivity index (χ1) is 10.1. The maximum atomic E-state index is 12.7. The first-order valence-electron chi connectivity index (χ1n) is 7.42. The van der Waals surface area contributed by atoms with Gasteiger partial charge in [-0.2, -0.15) is 0 Å². The van der Waals surface area contributed by atoms with E-state index in [4.69, 9.17) is 0 Å². The lowest BCUT2D eigenvalue weighted by molar-refractivity contribution is -0.136. The van der Waals surface area contributed by atoms with Crippen molar-refractivity contribution in [2.45, 2.75) is 38.3 Å². The first-order valence-corrected chi connectivity index (χ1v) is 7.42. The maximum Gasteiger partial charge on any atom is 0.246 e. The van der Waals surface area contributed by atoms with Gasteiger partial charge in [-0.25, -0.2) is 0 Å². The Balaban J connectivity index is 1.82. The molecule has 2 aliphatic rings. The van der Waals surface area contributed by atoms with Gasteiger partial charge in [0.25, 0.3) is 0 Å². The Hall–Kier alpha value is -1.88. The van der Waals surface area contributed by atoms with Crippen molar-refractivity contribution in [1.29, 1.82) is 0 Å². The van der Waals surface area contributed by atoms with E-state index in [9.17, 15) is 14.7 Å². The van der Waals surface area contributed by atoms with Crippen LogP contribution >= 0.6 is 0 Å². The van der Waals surface area contributed by atoms with Crippen molar-refractivity contribution in [3.63, 3.8) is 0 Å². The number of para-hydroxylation sites is 1. The number of fused-ring (bicyclic) bond motifs is 1. The van der Waals surface area contributed by atoms with Crippen LogP contribution in [-0.4, -0.2) is 47.1 Å². The number of benzene rings is 1. The minimum absolute atomic E-state index is 0.00620. The molecule has 112 valence electrons. The van der Waals surface area contributed by atoms with Gasteiger partial charge in [0.2, 0.25) is 11.8 Å². The molecule has 1 aromatic carbocycles. The molecule has 1 saturated heterocycles. The molecule has 0 bridgehead atoms. The van der Waals surface area contributed by atoms with E-state index in [-0.39, 0.29) is 17.9 Å². The van der Waals surface area contributed by atoms with Crippen LogP contribution in [0.1, 0.15) is 25.3 Å². The quantitative estimate of drug-likeness (QED) is 0.837. The zero-order valence-corrected chi connectivity index (χ0v) is 12.2. The second kappa shape index (κ2) is 5.48. The number of piperidine rings is 1. The third-order valence-corrected chi connectivity index (χ3v) is 4.38. The molecular formula is C16H20N2O3. The van der Waals surface area contributed by atoms with Crippen LogP contribution in [0.25, 0.3) is 0 Å². The summed E-state index contributed by atoms with van der Waals surface area (Å²) in [7, 11) is 0. The largest absolute Gasteiger partial charge is 0.393 e. The molecule has 2 amide bonds. The van der Waals surface area contributed by atoms with E-state index in [1.54, 1.807) is 9.80 Å². The summed E-state index contributed by atoms with van der Waals surface area (Å²) in [4.78, 5) is 28.1. The number of aliphatic hydroxyl groups excluding tert-OH is 1. The fourth-order valence-electron chi connectivity index (χ4n) is 3.27. The van der Waals surface area contributed by atoms with Crippen LogP contribution in [0.2, 0.25) is 0 Å². The Morgan fingerprint density at radius 2 is 1.86 bits per heavy atom. The predicted molar refractivity (Wildman–Crippen MR) is 78.9 cm³/mol. The van der Waals surface area contributed by atoms with E-state index in [2.05, 4.69) is 0 Å². The Labute approximate surface area is 124 Å². The number of likely N-dealkylation sites (tertiary alicyclic amines) is 1. The van der Waals surface area contributed by atoms with Gasteiger partial charge in [-0.1, -0.05) is 18.2 Å². The molecule has 1 N–H and O–H groups in total. The smallest absolute Gasteiger partial charge is 0.246 e. The molecule has 5 heteroatoms. The average molecular weight is 288 g/mol. The van der Waals surface area contributed by atoms with Gasteiger partial charge >= 0.3 is 0 Å². The van der Waals surface area contributed by atoms with E-state index in [1.165, 1.54) is 6.92 Å². The minimum atomic E-state index is -0.435. The van der Waals surface area contributed by atoms with E-state index >= 15 is 0 Å². The summed E-state index contributed by atoms with van der Waals surface area (Å²) in [5.74, 6) is -0.108. The average Bonchev–Trinajstić information content (AvgIpc) is 2.86. The second-order valence-electron chi connectivity index (χ2n) is 5.79. The third-order valence-electron chi connectivity index (χ3n) is 4.38. The second-order valence-corrected chi connectivity index (χ2v) is 5.79. The number of hydrogen-bond acceptors (Lipinski definition) is 3. The summed E-state index contributed by atoms with van der Waals surface area (Å²) in [6.45, 7) is 2.64. The fraction of sp³-hybridized carbons (Fsp3) is 0.500. The van der Waals surface area contributed by atoms with E-state index < -0.39 is 6.04 Å². The van der Waals surface area contributed by atoms with Gasteiger partial charge in [0.1, 0.15) is 6.04 Å². The Bertz CT molecular complexity index is 564. The van der Waals surface area contributed by atoms with Gasteiger partial charge in [0.05, 0.1) is 6.10 Å². The monoisotopic (exact) mass is 288 g/mol. The molecule has 3 rings (SSSR count). The lowest BCUT2D eigenvalue weighted by Crippen LogP contribution is -2.51. The highest BCUT2D eigenvalue weighted by Crippen LogP contribution is 2.33. The maximum absolute atomic E-state index is 12.7. The Morgan fingerprint density at radius 3 is 2.52 bits per heavy atom. The molecule has 0 aliphatic carbocycles. The molecule has 0 saturated carbocycles. The molecule has 5 nitrogen and oxygen atoms in total. The van der Waals surface area contributed by atoms with Crippen LogP contribution in [0.3, 0.4) is 0 Å². The summed E-state index contributed by atoms with van der Waals surface area (Å²) < 4.78 is 0. The van der Waals surface area contributed by atoms with Crippen molar-refractivity contribution in [2.24, 2.45) is 0 Å². The normalized spacial score (nSPS) is 22.3. The molecule has 1 atom stereocenters. The predicted octanol–water partition coefficient (Wildman–Crippen LogP) is 0.948. The van der Waals surface area contributed by atoms with Crippen LogP contribution in [0.15, 0.2) is 24.3 Å². The van der Waals surface area contributed by atoms with Crippen molar-refractivity contribution in [2.75, 3.05) is 18.0 Å². The van der Waals surface area contributed by atoms with Crippen LogP contribution in [0.5, 0.6) is 0 Å². The standard InChI is InChI=1S/C16H20N2O3/c1-11(19)18-14-5-3-2-4-12(14)10-15(18)16(21)17-8-6-13(20)7-9-17/h2-5,13,15,20H,6-10H2,1H3/t15-/m0/s1. The SMILES string of the molecule is CC(=O)N1c2ccccc2C[C@H]1C(=O)N1CCC(O)CC1. The topological polar surface area (TPSA) is 60.9 Å². The number of carbonyl (C=O) groups excluding carboxylic acids is 2. The Morgan fingerprint density at radius 1 is 1.19 bits per heavy atom. The highest BCUT2D eigenvalue weighted by Gasteiger charge is 2.39. The Kier molecular flexibility index (Phi) is 3.68. The highest BCUT2D eigenvalue weighted by molar-refractivity contribution is 6.02. The number of anilines is 1. The molecule has 2 heterocycles. The molecule has 0 unspecified atom stereocenters. The number of carbonyl (C=O) groups is 2. The number of nitrogens with zero attached hydrogens (tertiary/aromatic N) is 2. The molecular weight excluding hydrogens is 268 g/mol. The number of amides is 2. The summed E-state index contributed by atoms with van der Waals surface area (Å²) in [6.07, 6.45) is 1.50. The molecule has 1 aromatic rings. The van der Waals surface area contributed by atoms with Crippen molar-refractivity contribution in [1.82, 2.24) is 4.90 Å². The van der Waals surface area contributed by atoms with Crippen LogP contribution in [0.4, 0.5) is 5.69 Å². The number of aliphatic hydroxyl groups is 1. The van der Waals surface area contributed by atoms with E-state index in [0.29, 0.717) is 32.4 Å². The molecule has 0 radical (unpaired) electrons. The van der Waals surface area contributed by atoms with E-state index in [0.717, 1.165) is 11.3 Å². The van der Waals surface area contributed by atoms with Crippen molar-refractivity contribution in [3.8, 4) is 0 Å². The molecule has 0 spiro atoms. The first kappa shape index (κ1) is 14.1. The molecule has 2 aliphatic heterocycles. The lowest BCUT2D eigenvalue weighted by Gasteiger charge is -2.34.